The molecule has 0 fully saturated rings. The number of amides is 1. The summed E-state index contributed by atoms with van der Waals surface area (Å²) >= 11 is 5.84. The van der Waals surface area contributed by atoms with Gasteiger partial charge in [-0.3, -0.25) is 4.79 Å². The van der Waals surface area contributed by atoms with E-state index >= 15 is 0 Å². The van der Waals surface area contributed by atoms with Gasteiger partial charge in [-0.15, -0.1) is 0 Å². The molecule has 1 aliphatic carbocycles. The predicted molar refractivity (Wildman–Crippen MR) is 89.2 cm³/mol. The van der Waals surface area contributed by atoms with E-state index in [-0.39, 0.29) is 5.91 Å². The van der Waals surface area contributed by atoms with Crippen molar-refractivity contribution in [3.63, 3.8) is 0 Å². The van der Waals surface area contributed by atoms with Gasteiger partial charge in [-0.05, 0) is 42.5 Å². The molecule has 0 aliphatic heterocycles. The number of hydrogen-bond acceptors (Lipinski definition) is 2. The van der Waals surface area contributed by atoms with Gasteiger partial charge in [0.25, 0.3) is 0 Å². The largest absolute Gasteiger partial charge is 0.273 e. The standard InChI is InChI=1S/C18H17ClN2O/c19-15-10-8-13(9-11-15)12-18(22)21-20-17-7-3-5-14-4-1-2-6-16(14)17/h1-2,4,6,8-11H,3,5,7,12H2,(H,21,22)/b20-17-. The second kappa shape index (κ2) is 6.75. The summed E-state index contributed by atoms with van der Waals surface area (Å²) < 4.78 is 0. The maximum Gasteiger partial charge on any atom is 0.244 e. The molecular weight excluding hydrogens is 296 g/mol. The molecule has 0 radical (unpaired) electrons. The highest BCUT2D eigenvalue weighted by atomic mass is 35.5. The highest BCUT2D eigenvalue weighted by molar-refractivity contribution is 6.30. The molecule has 0 atom stereocenters. The SMILES string of the molecule is O=C(Cc1ccc(Cl)cc1)N/N=C1/CCCc2ccccc21. The summed E-state index contributed by atoms with van der Waals surface area (Å²) in [6, 6.07) is 15.5. The molecule has 2 aromatic rings. The molecule has 1 N–H and O–H groups in total. The van der Waals surface area contributed by atoms with Crippen molar-refractivity contribution < 1.29 is 4.79 Å². The van der Waals surface area contributed by atoms with Crippen molar-refractivity contribution in [3.8, 4) is 0 Å². The maximum atomic E-state index is 12.0. The van der Waals surface area contributed by atoms with Crippen LogP contribution < -0.4 is 5.43 Å². The van der Waals surface area contributed by atoms with Gasteiger partial charge in [-0.2, -0.15) is 5.10 Å². The summed E-state index contributed by atoms with van der Waals surface area (Å²) in [4.78, 5) is 12.0. The van der Waals surface area contributed by atoms with Crippen molar-refractivity contribution in [1.82, 2.24) is 5.43 Å². The van der Waals surface area contributed by atoms with Crippen LogP contribution in [0.15, 0.2) is 53.6 Å². The van der Waals surface area contributed by atoms with Crippen molar-refractivity contribution in [1.29, 1.82) is 0 Å². The summed E-state index contributed by atoms with van der Waals surface area (Å²) in [5, 5.41) is 5.00. The minimum atomic E-state index is -0.113. The number of nitrogens with one attached hydrogen (secondary N) is 1. The highest BCUT2D eigenvalue weighted by Crippen LogP contribution is 2.21. The third-order valence-electron chi connectivity index (χ3n) is 3.78. The second-order valence-corrected chi connectivity index (χ2v) is 5.84. The van der Waals surface area contributed by atoms with Crippen LogP contribution in [0, 0.1) is 0 Å². The van der Waals surface area contributed by atoms with Gasteiger partial charge in [0.1, 0.15) is 0 Å². The van der Waals surface area contributed by atoms with E-state index < -0.39 is 0 Å². The predicted octanol–water partition coefficient (Wildman–Crippen LogP) is 3.74. The van der Waals surface area contributed by atoms with Gasteiger partial charge in [0.05, 0.1) is 12.1 Å². The summed E-state index contributed by atoms with van der Waals surface area (Å²) in [6.07, 6.45) is 3.35. The van der Waals surface area contributed by atoms with Crippen LogP contribution in [-0.4, -0.2) is 11.6 Å². The van der Waals surface area contributed by atoms with Gasteiger partial charge in [-0.1, -0.05) is 48.0 Å². The Morgan fingerprint density at radius 2 is 1.86 bits per heavy atom. The zero-order valence-electron chi connectivity index (χ0n) is 12.2. The molecule has 0 saturated carbocycles. The minimum Gasteiger partial charge on any atom is -0.273 e. The van der Waals surface area contributed by atoms with E-state index in [4.69, 9.17) is 11.6 Å². The fourth-order valence-electron chi connectivity index (χ4n) is 2.67. The third-order valence-corrected chi connectivity index (χ3v) is 4.03. The number of fused-ring (bicyclic) bond motifs is 1. The lowest BCUT2D eigenvalue weighted by Gasteiger charge is -2.17. The fraction of sp³-hybridized carbons (Fsp3) is 0.222. The topological polar surface area (TPSA) is 41.5 Å². The van der Waals surface area contributed by atoms with Gasteiger partial charge >= 0.3 is 0 Å². The number of hydrazone groups is 1. The average molecular weight is 313 g/mol. The van der Waals surface area contributed by atoms with Gasteiger partial charge in [0.2, 0.25) is 5.91 Å². The minimum absolute atomic E-state index is 0.113. The van der Waals surface area contributed by atoms with E-state index in [0.717, 1.165) is 36.1 Å². The molecule has 0 bridgehead atoms. The lowest BCUT2D eigenvalue weighted by Crippen LogP contribution is -2.23. The van der Waals surface area contributed by atoms with Gasteiger partial charge in [-0.25, -0.2) is 5.43 Å². The first-order chi connectivity index (χ1) is 10.7. The summed E-state index contributed by atoms with van der Waals surface area (Å²) in [7, 11) is 0. The number of nitrogens with zero attached hydrogens (tertiary/aromatic N) is 1. The van der Waals surface area contributed by atoms with Crippen LogP contribution in [0.2, 0.25) is 5.02 Å². The number of benzene rings is 2. The molecule has 112 valence electrons. The number of hydrogen-bond donors (Lipinski definition) is 1. The van der Waals surface area contributed by atoms with Crippen molar-refractivity contribution in [2.24, 2.45) is 5.10 Å². The zero-order valence-corrected chi connectivity index (χ0v) is 12.9. The van der Waals surface area contributed by atoms with Gasteiger partial charge in [0, 0.05) is 10.6 Å². The van der Waals surface area contributed by atoms with E-state index in [9.17, 15) is 4.79 Å². The Morgan fingerprint density at radius 1 is 1.09 bits per heavy atom. The normalized spacial score (nSPS) is 15.4. The Kier molecular flexibility index (Phi) is 4.54. The number of carbonyl (C=O) groups excluding carboxylic acids is 1. The molecule has 2 aromatic carbocycles. The Morgan fingerprint density at radius 3 is 2.68 bits per heavy atom. The second-order valence-electron chi connectivity index (χ2n) is 5.41. The molecule has 3 nitrogen and oxygen atoms in total. The third kappa shape index (κ3) is 3.55. The first-order valence-electron chi connectivity index (χ1n) is 7.40. The zero-order chi connectivity index (χ0) is 15.4. The van der Waals surface area contributed by atoms with Crippen LogP contribution in [0.4, 0.5) is 0 Å². The van der Waals surface area contributed by atoms with Crippen molar-refractivity contribution in [2.45, 2.75) is 25.7 Å². The Labute approximate surface area is 135 Å². The van der Waals surface area contributed by atoms with Gasteiger partial charge in [0.15, 0.2) is 0 Å². The molecule has 0 heterocycles. The molecule has 0 saturated heterocycles. The van der Waals surface area contributed by atoms with Crippen molar-refractivity contribution in [3.05, 3.63) is 70.2 Å². The summed E-state index contributed by atoms with van der Waals surface area (Å²) in [5.41, 5.74) is 7.02. The van der Waals surface area contributed by atoms with Crippen LogP contribution in [0.3, 0.4) is 0 Å². The summed E-state index contributed by atoms with van der Waals surface area (Å²) in [5.74, 6) is -0.113. The number of carbonyl (C=O) groups is 1. The Hall–Kier alpha value is -2.13. The first kappa shape index (κ1) is 14.8. The van der Waals surface area contributed by atoms with Crippen molar-refractivity contribution in [2.75, 3.05) is 0 Å². The van der Waals surface area contributed by atoms with E-state index in [1.54, 1.807) is 12.1 Å². The maximum absolute atomic E-state index is 12.0. The lowest BCUT2D eigenvalue weighted by molar-refractivity contribution is -0.120. The Bertz CT molecular complexity index is 707. The highest BCUT2D eigenvalue weighted by Gasteiger charge is 2.15. The van der Waals surface area contributed by atoms with Crippen molar-refractivity contribution >= 4 is 23.2 Å². The molecular formula is C18H17ClN2O. The number of halogens is 1. The molecule has 3 rings (SSSR count). The van der Waals surface area contributed by atoms with Crippen LogP contribution in [0.25, 0.3) is 0 Å². The van der Waals surface area contributed by atoms with Gasteiger partial charge < -0.3 is 0 Å². The van der Waals surface area contributed by atoms with Crippen LogP contribution >= 0.6 is 11.6 Å². The van der Waals surface area contributed by atoms with E-state index in [0.29, 0.717) is 11.4 Å². The molecule has 0 spiro atoms. The first-order valence-corrected chi connectivity index (χ1v) is 7.78. The summed E-state index contributed by atoms with van der Waals surface area (Å²) in [6.45, 7) is 0. The van der Waals surface area contributed by atoms with Crippen LogP contribution in [0.5, 0.6) is 0 Å². The molecule has 1 aliphatic rings. The number of aryl methyl sites for hydroxylation is 1. The molecule has 0 unspecified atom stereocenters. The number of rotatable bonds is 3. The van der Waals surface area contributed by atoms with Crippen LogP contribution in [-0.2, 0) is 17.6 Å². The molecule has 4 heteroatoms. The monoisotopic (exact) mass is 312 g/mol. The quantitative estimate of drug-likeness (QED) is 0.862. The van der Waals surface area contributed by atoms with E-state index in [1.807, 2.05) is 24.3 Å². The molecule has 0 aromatic heterocycles. The van der Waals surface area contributed by atoms with Crippen LogP contribution in [0.1, 0.15) is 29.5 Å². The smallest absolute Gasteiger partial charge is 0.244 e. The molecule has 1 amide bonds. The van der Waals surface area contributed by atoms with E-state index in [2.05, 4.69) is 22.7 Å². The average Bonchev–Trinajstić information content (AvgIpc) is 2.55. The lowest BCUT2D eigenvalue weighted by atomic mass is 9.90. The molecule has 22 heavy (non-hydrogen) atoms. The van der Waals surface area contributed by atoms with E-state index in [1.165, 1.54) is 5.56 Å². The fourth-order valence-corrected chi connectivity index (χ4v) is 2.80. The Balaban J connectivity index is 1.67.